The molecule has 2 fully saturated rings. The van der Waals surface area contributed by atoms with Crippen molar-refractivity contribution in [3.63, 3.8) is 0 Å². The Morgan fingerprint density at radius 3 is 3.04 bits per heavy atom. The minimum atomic E-state index is -0.214. The molecule has 0 aliphatic carbocycles. The molecule has 1 aromatic carbocycles. The lowest BCUT2D eigenvalue weighted by Gasteiger charge is -2.23. The molecule has 4 nitrogen and oxygen atoms in total. The third-order valence-corrected chi connectivity index (χ3v) is 5.43. The number of fused-ring (bicyclic) bond motifs is 1. The van der Waals surface area contributed by atoms with Crippen molar-refractivity contribution in [2.45, 2.75) is 44.6 Å². The van der Waals surface area contributed by atoms with Gasteiger partial charge >= 0.3 is 0 Å². The van der Waals surface area contributed by atoms with Crippen LogP contribution >= 0.6 is 0 Å². The molecule has 0 aromatic heterocycles. The average Bonchev–Trinajstić information content (AvgIpc) is 3.25. The van der Waals surface area contributed by atoms with E-state index in [1.165, 1.54) is 30.5 Å². The summed E-state index contributed by atoms with van der Waals surface area (Å²) in [5.41, 5.74) is 3.86. The lowest BCUT2D eigenvalue weighted by molar-refractivity contribution is -0.127. The Balaban J connectivity index is 1.46. The molecule has 1 N–H and O–H groups in total. The molecule has 3 aliphatic heterocycles. The van der Waals surface area contributed by atoms with Crippen molar-refractivity contribution < 1.29 is 9.53 Å². The number of piperidine rings is 1. The number of hydrogen-bond acceptors (Lipinski definition) is 3. The summed E-state index contributed by atoms with van der Waals surface area (Å²) in [6.45, 7) is 3.84. The maximum absolute atomic E-state index is 12.6. The highest BCUT2D eigenvalue weighted by atomic mass is 16.5. The summed E-state index contributed by atoms with van der Waals surface area (Å²) in [6, 6.07) is 6.70. The molecule has 0 radical (unpaired) electrons. The number of anilines is 1. The van der Waals surface area contributed by atoms with Crippen molar-refractivity contribution in [1.82, 2.24) is 5.32 Å². The van der Waals surface area contributed by atoms with Crippen LogP contribution in [0, 0.1) is 5.92 Å². The average molecular weight is 314 g/mol. The van der Waals surface area contributed by atoms with Gasteiger partial charge in [-0.1, -0.05) is 12.1 Å². The largest absolute Gasteiger partial charge is 0.368 e. The number of hydrogen-bond donors (Lipinski definition) is 1. The Morgan fingerprint density at radius 1 is 1.30 bits per heavy atom. The third-order valence-electron chi connectivity index (χ3n) is 5.43. The van der Waals surface area contributed by atoms with Gasteiger partial charge in [0.05, 0.1) is 0 Å². The van der Waals surface area contributed by atoms with E-state index in [2.05, 4.69) is 23.5 Å². The zero-order valence-electron chi connectivity index (χ0n) is 13.7. The van der Waals surface area contributed by atoms with E-state index in [-0.39, 0.29) is 12.0 Å². The quantitative estimate of drug-likeness (QED) is 0.931. The maximum atomic E-state index is 12.6. The van der Waals surface area contributed by atoms with Gasteiger partial charge in [-0.2, -0.15) is 0 Å². The lowest BCUT2D eigenvalue weighted by atomic mass is 9.91. The summed E-state index contributed by atoms with van der Waals surface area (Å²) in [5, 5.41) is 3.49. The summed E-state index contributed by atoms with van der Waals surface area (Å²) in [5.74, 6) is 0.915. The number of carbonyl (C=O) groups excluding carboxylic acids is 1. The van der Waals surface area contributed by atoms with Gasteiger partial charge < -0.3 is 15.0 Å². The Bertz CT molecular complexity index is 575. The number of carbonyl (C=O) groups is 1. The van der Waals surface area contributed by atoms with Crippen molar-refractivity contribution in [2.75, 3.05) is 31.1 Å². The molecule has 4 heteroatoms. The minimum Gasteiger partial charge on any atom is -0.368 e. The van der Waals surface area contributed by atoms with Gasteiger partial charge in [0, 0.05) is 18.8 Å². The van der Waals surface area contributed by atoms with Crippen LogP contribution in [-0.4, -0.2) is 38.3 Å². The highest BCUT2D eigenvalue weighted by Gasteiger charge is 2.32. The van der Waals surface area contributed by atoms with Crippen molar-refractivity contribution >= 4 is 11.6 Å². The van der Waals surface area contributed by atoms with E-state index in [4.69, 9.17) is 4.74 Å². The minimum absolute atomic E-state index is 0.158. The van der Waals surface area contributed by atoms with E-state index in [0.29, 0.717) is 0 Å². The summed E-state index contributed by atoms with van der Waals surface area (Å²) in [4.78, 5) is 14.5. The molecule has 124 valence electrons. The fourth-order valence-corrected chi connectivity index (χ4v) is 4.19. The molecule has 2 atom stereocenters. The summed E-state index contributed by atoms with van der Waals surface area (Å²) in [7, 11) is 0. The fraction of sp³-hybridized carbons (Fsp3) is 0.632. The molecular formula is C19H26N2O2. The van der Waals surface area contributed by atoms with E-state index in [9.17, 15) is 4.79 Å². The molecule has 1 amide bonds. The van der Waals surface area contributed by atoms with E-state index >= 15 is 0 Å². The van der Waals surface area contributed by atoms with E-state index in [1.54, 1.807) is 0 Å². The van der Waals surface area contributed by atoms with Crippen molar-refractivity contribution in [3.05, 3.63) is 29.3 Å². The van der Waals surface area contributed by atoms with E-state index < -0.39 is 0 Å². The standard InChI is InChI=1S/C19H26N2O2/c22-19(18-4-2-10-23-18)21-9-7-16-12-14(5-6-17(16)21)11-15-3-1-8-20-13-15/h5-6,12,15,18,20H,1-4,7-11,13H2. The second kappa shape index (κ2) is 6.62. The number of nitrogens with zero attached hydrogens (tertiary/aromatic N) is 1. The fourth-order valence-electron chi connectivity index (χ4n) is 4.19. The van der Waals surface area contributed by atoms with Gasteiger partial charge in [-0.3, -0.25) is 4.79 Å². The number of rotatable bonds is 3. The van der Waals surface area contributed by atoms with Gasteiger partial charge in [-0.25, -0.2) is 0 Å². The molecule has 4 rings (SSSR count). The van der Waals surface area contributed by atoms with Gasteiger partial charge in [-0.05, 0) is 74.7 Å². The number of amides is 1. The van der Waals surface area contributed by atoms with Gasteiger partial charge in [0.1, 0.15) is 6.10 Å². The number of ether oxygens (including phenoxy) is 1. The molecule has 3 aliphatic rings. The molecule has 23 heavy (non-hydrogen) atoms. The monoisotopic (exact) mass is 314 g/mol. The van der Waals surface area contributed by atoms with Crippen LogP contribution < -0.4 is 10.2 Å². The van der Waals surface area contributed by atoms with Crippen LogP contribution in [0.4, 0.5) is 5.69 Å². The molecule has 3 heterocycles. The predicted octanol–water partition coefficient (Wildman–Crippen LogP) is 2.30. The summed E-state index contributed by atoms with van der Waals surface area (Å²) in [6.07, 6.45) is 6.41. The summed E-state index contributed by atoms with van der Waals surface area (Å²) >= 11 is 0. The molecule has 2 saturated heterocycles. The summed E-state index contributed by atoms with van der Waals surface area (Å²) < 4.78 is 5.57. The first kappa shape index (κ1) is 15.2. The van der Waals surface area contributed by atoms with Gasteiger partial charge in [0.15, 0.2) is 0 Å². The molecule has 1 aromatic rings. The van der Waals surface area contributed by atoms with Crippen LogP contribution in [0.15, 0.2) is 18.2 Å². The van der Waals surface area contributed by atoms with Gasteiger partial charge in [0.25, 0.3) is 5.91 Å². The zero-order valence-corrected chi connectivity index (χ0v) is 13.7. The first-order valence-corrected chi connectivity index (χ1v) is 9.07. The predicted molar refractivity (Wildman–Crippen MR) is 90.8 cm³/mol. The topological polar surface area (TPSA) is 41.6 Å². The Labute approximate surface area is 138 Å². The Hall–Kier alpha value is -1.39. The third kappa shape index (κ3) is 3.15. The first-order valence-electron chi connectivity index (χ1n) is 9.07. The number of benzene rings is 1. The van der Waals surface area contributed by atoms with Crippen molar-refractivity contribution in [1.29, 1.82) is 0 Å². The molecule has 2 unspecified atom stereocenters. The maximum Gasteiger partial charge on any atom is 0.256 e. The van der Waals surface area contributed by atoms with Crippen molar-refractivity contribution in [3.8, 4) is 0 Å². The highest BCUT2D eigenvalue weighted by molar-refractivity contribution is 5.98. The van der Waals surface area contributed by atoms with Crippen molar-refractivity contribution in [2.24, 2.45) is 5.92 Å². The van der Waals surface area contributed by atoms with Gasteiger partial charge in [0.2, 0.25) is 0 Å². The second-order valence-corrected chi connectivity index (χ2v) is 7.12. The SMILES string of the molecule is O=C(C1CCCO1)N1CCc2cc(CC3CCCNC3)ccc21. The number of nitrogens with one attached hydrogen (secondary N) is 1. The molecule has 0 bridgehead atoms. The smallest absolute Gasteiger partial charge is 0.256 e. The van der Waals surface area contributed by atoms with Crippen LogP contribution in [0.1, 0.15) is 36.8 Å². The van der Waals surface area contributed by atoms with Crippen LogP contribution in [-0.2, 0) is 22.4 Å². The van der Waals surface area contributed by atoms with Crippen LogP contribution in [0.3, 0.4) is 0 Å². The highest BCUT2D eigenvalue weighted by Crippen LogP contribution is 2.31. The van der Waals surface area contributed by atoms with E-state index in [0.717, 1.165) is 57.0 Å². The van der Waals surface area contributed by atoms with Crippen LogP contribution in [0.5, 0.6) is 0 Å². The Kier molecular flexibility index (Phi) is 4.36. The normalized spacial score (nSPS) is 27.2. The van der Waals surface area contributed by atoms with Crippen LogP contribution in [0.25, 0.3) is 0 Å². The zero-order chi connectivity index (χ0) is 15.6. The molecular weight excluding hydrogens is 288 g/mol. The van der Waals surface area contributed by atoms with Crippen LogP contribution in [0.2, 0.25) is 0 Å². The molecule has 0 spiro atoms. The second-order valence-electron chi connectivity index (χ2n) is 7.12. The lowest BCUT2D eigenvalue weighted by Crippen LogP contribution is -2.37. The Morgan fingerprint density at radius 2 is 2.26 bits per heavy atom. The van der Waals surface area contributed by atoms with Gasteiger partial charge in [-0.15, -0.1) is 0 Å². The first-order chi connectivity index (χ1) is 11.3. The van der Waals surface area contributed by atoms with E-state index in [1.807, 2.05) is 4.90 Å². The molecule has 0 saturated carbocycles.